The molecule has 5 heteroatoms. The number of anilines is 1. The molecule has 0 fully saturated rings. The summed E-state index contributed by atoms with van der Waals surface area (Å²) in [4.78, 5) is 11.1. The normalized spacial score (nSPS) is 12.0. The van der Waals surface area contributed by atoms with Gasteiger partial charge < -0.3 is 15.2 Å². The van der Waals surface area contributed by atoms with Crippen molar-refractivity contribution >= 4 is 11.6 Å². The third-order valence-electron chi connectivity index (χ3n) is 1.80. The Morgan fingerprint density at radius 3 is 2.73 bits per heavy atom. The van der Waals surface area contributed by atoms with Gasteiger partial charge in [0.25, 0.3) is 5.91 Å². The van der Waals surface area contributed by atoms with E-state index in [-0.39, 0.29) is 11.4 Å². The molecule has 0 aliphatic rings. The van der Waals surface area contributed by atoms with E-state index in [1.165, 1.54) is 26.2 Å². The van der Waals surface area contributed by atoms with Gasteiger partial charge in [-0.2, -0.15) is 0 Å². The molecule has 1 unspecified atom stereocenters. The van der Waals surface area contributed by atoms with Crippen molar-refractivity contribution in [3.05, 3.63) is 24.0 Å². The van der Waals surface area contributed by atoms with Gasteiger partial charge in [-0.05, 0) is 19.1 Å². The lowest BCUT2D eigenvalue weighted by Crippen LogP contribution is -2.24. The van der Waals surface area contributed by atoms with Crippen molar-refractivity contribution < 1.29 is 19.0 Å². The predicted molar refractivity (Wildman–Crippen MR) is 53.3 cm³/mol. The summed E-state index contributed by atoms with van der Waals surface area (Å²) in [6, 6.07) is 4.01. The number of nitrogens with one attached hydrogen (secondary N) is 1. The Morgan fingerprint density at radius 2 is 2.27 bits per heavy atom. The third kappa shape index (κ3) is 2.92. The molecule has 1 atom stereocenters. The minimum Gasteiger partial charge on any atom is -0.494 e. The number of ether oxygens (including phenoxy) is 1. The number of hydrogen-bond donors (Lipinski definition) is 2. The Labute approximate surface area is 86.7 Å². The molecular formula is C10H12FNO3. The number of carbonyl (C=O) groups is 1. The Hall–Kier alpha value is -1.62. The molecule has 4 nitrogen and oxygen atoms in total. The highest BCUT2D eigenvalue weighted by Gasteiger charge is 2.10. The van der Waals surface area contributed by atoms with Gasteiger partial charge >= 0.3 is 0 Å². The van der Waals surface area contributed by atoms with Crippen LogP contribution in [0, 0.1) is 5.82 Å². The number of benzene rings is 1. The second kappa shape index (κ2) is 4.75. The van der Waals surface area contributed by atoms with E-state index in [0.717, 1.165) is 6.07 Å². The van der Waals surface area contributed by atoms with Crippen LogP contribution in [0.3, 0.4) is 0 Å². The molecule has 0 aliphatic carbocycles. The number of hydrogen-bond acceptors (Lipinski definition) is 3. The first-order valence-electron chi connectivity index (χ1n) is 4.37. The van der Waals surface area contributed by atoms with Crippen LogP contribution in [0.15, 0.2) is 18.2 Å². The molecule has 0 aromatic heterocycles. The zero-order valence-electron chi connectivity index (χ0n) is 8.45. The quantitative estimate of drug-likeness (QED) is 0.791. The summed E-state index contributed by atoms with van der Waals surface area (Å²) < 4.78 is 17.9. The summed E-state index contributed by atoms with van der Waals surface area (Å²) >= 11 is 0. The van der Waals surface area contributed by atoms with Gasteiger partial charge in [0.2, 0.25) is 0 Å². The molecule has 1 aromatic carbocycles. The standard InChI is InChI=1S/C10H12FNO3/c1-6(13)10(14)12-7-3-4-9(15-2)8(11)5-7/h3-6,13H,1-2H3,(H,12,14). The number of rotatable bonds is 3. The highest BCUT2D eigenvalue weighted by molar-refractivity contribution is 5.93. The third-order valence-corrected chi connectivity index (χ3v) is 1.80. The first-order chi connectivity index (χ1) is 7.04. The Kier molecular flexibility index (Phi) is 3.62. The highest BCUT2D eigenvalue weighted by atomic mass is 19.1. The van der Waals surface area contributed by atoms with Crippen LogP contribution < -0.4 is 10.1 Å². The van der Waals surface area contributed by atoms with Crippen LogP contribution in [0.1, 0.15) is 6.92 Å². The summed E-state index contributed by atoms with van der Waals surface area (Å²) in [7, 11) is 1.35. The van der Waals surface area contributed by atoms with Crippen molar-refractivity contribution in [2.45, 2.75) is 13.0 Å². The van der Waals surface area contributed by atoms with Gasteiger partial charge in [-0.3, -0.25) is 4.79 Å². The molecule has 0 saturated heterocycles. The highest BCUT2D eigenvalue weighted by Crippen LogP contribution is 2.20. The van der Waals surface area contributed by atoms with Crippen molar-refractivity contribution in [3.8, 4) is 5.75 Å². The topological polar surface area (TPSA) is 58.6 Å². The summed E-state index contributed by atoms with van der Waals surface area (Å²) in [5.41, 5.74) is 0.277. The van der Waals surface area contributed by atoms with Crippen LogP contribution in [0.5, 0.6) is 5.75 Å². The van der Waals surface area contributed by atoms with Gasteiger partial charge in [0.15, 0.2) is 11.6 Å². The van der Waals surface area contributed by atoms with Gasteiger partial charge in [-0.15, -0.1) is 0 Å². The van der Waals surface area contributed by atoms with E-state index in [9.17, 15) is 9.18 Å². The Balaban J connectivity index is 2.80. The van der Waals surface area contributed by atoms with Crippen LogP contribution >= 0.6 is 0 Å². The van der Waals surface area contributed by atoms with E-state index >= 15 is 0 Å². The number of methoxy groups -OCH3 is 1. The molecule has 15 heavy (non-hydrogen) atoms. The smallest absolute Gasteiger partial charge is 0.252 e. The van der Waals surface area contributed by atoms with Crippen LogP contribution in [0.4, 0.5) is 10.1 Å². The van der Waals surface area contributed by atoms with Crippen molar-refractivity contribution in [1.29, 1.82) is 0 Å². The lowest BCUT2D eigenvalue weighted by molar-refractivity contribution is -0.123. The van der Waals surface area contributed by atoms with Crippen molar-refractivity contribution in [3.63, 3.8) is 0 Å². The lowest BCUT2D eigenvalue weighted by atomic mass is 10.2. The molecule has 1 rings (SSSR count). The molecule has 0 radical (unpaired) electrons. The average molecular weight is 213 g/mol. The molecule has 82 valence electrons. The van der Waals surface area contributed by atoms with Gasteiger partial charge in [-0.25, -0.2) is 4.39 Å². The minimum atomic E-state index is -1.13. The first-order valence-corrected chi connectivity index (χ1v) is 4.37. The first kappa shape index (κ1) is 11.5. The average Bonchev–Trinajstić information content (AvgIpc) is 2.18. The molecular weight excluding hydrogens is 201 g/mol. The molecule has 0 bridgehead atoms. The van der Waals surface area contributed by atoms with Crippen molar-refractivity contribution in [2.24, 2.45) is 0 Å². The number of amides is 1. The number of halogens is 1. The molecule has 0 spiro atoms. The molecule has 2 N–H and O–H groups in total. The maximum Gasteiger partial charge on any atom is 0.252 e. The van der Waals surface area contributed by atoms with Crippen LogP contribution in [0.25, 0.3) is 0 Å². The van der Waals surface area contributed by atoms with E-state index in [1.807, 2.05) is 0 Å². The fraction of sp³-hybridized carbons (Fsp3) is 0.300. The number of aliphatic hydroxyl groups is 1. The predicted octanol–water partition coefficient (Wildman–Crippen LogP) is 1.15. The summed E-state index contributed by atoms with van der Waals surface area (Å²) in [6.45, 7) is 1.33. The van der Waals surface area contributed by atoms with E-state index in [2.05, 4.69) is 5.32 Å². The van der Waals surface area contributed by atoms with E-state index in [1.54, 1.807) is 0 Å². The Bertz CT molecular complexity index is 366. The van der Waals surface area contributed by atoms with Crippen molar-refractivity contribution in [2.75, 3.05) is 12.4 Å². The summed E-state index contributed by atoms with van der Waals surface area (Å²) in [6.07, 6.45) is -1.13. The largest absolute Gasteiger partial charge is 0.494 e. The van der Waals surface area contributed by atoms with E-state index in [4.69, 9.17) is 9.84 Å². The summed E-state index contributed by atoms with van der Waals surface area (Å²) in [5.74, 6) is -1.05. The fourth-order valence-electron chi connectivity index (χ4n) is 0.991. The zero-order chi connectivity index (χ0) is 11.4. The maximum atomic E-state index is 13.2. The minimum absolute atomic E-state index is 0.102. The SMILES string of the molecule is COc1ccc(NC(=O)C(C)O)cc1F. The van der Waals surface area contributed by atoms with E-state index < -0.39 is 17.8 Å². The second-order valence-electron chi connectivity index (χ2n) is 3.01. The Morgan fingerprint density at radius 1 is 1.60 bits per heavy atom. The van der Waals surface area contributed by atoms with Gasteiger partial charge in [0.1, 0.15) is 6.10 Å². The van der Waals surface area contributed by atoms with E-state index in [0.29, 0.717) is 0 Å². The second-order valence-corrected chi connectivity index (χ2v) is 3.01. The van der Waals surface area contributed by atoms with Crippen LogP contribution in [0.2, 0.25) is 0 Å². The number of aliphatic hydroxyl groups excluding tert-OH is 1. The summed E-state index contributed by atoms with van der Waals surface area (Å²) in [5, 5.41) is 11.3. The number of carbonyl (C=O) groups excluding carboxylic acids is 1. The van der Waals surface area contributed by atoms with Gasteiger partial charge in [0, 0.05) is 11.8 Å². The molecule has 0 saturated carbocycles. The molecule has 1 amide bonds. The van der Waals surface area contributed by atoms with Gasteiger partial charge in [-0.1, -0.05) is 0 Å². The van der Waals surface area contributed by atoms with Crippen LogP contribution in [-0.2, 0) is 4.79 Å². The van der Waals surface area contributed by atoms with Crippen LogP contribution in [-0.4, -0.2) is 24.2 Å². The lowest BCUT2D eigenvalue weighted by Gasteiger charge is -2.08. The molecule has 0 aliphatic heterocycles. The maximum absolute atomic E-state index is 13.2. The van der Waals surface area contributed by atoms with Crippen molar-refractivity contribution in [1.82, 2.24) is 0 Å². The molecule has 0 heterocycles. The monoisotopic (exact) mass is 213 g/mol. The van der Waals surface area contributed by atoms with Gasteiger partial charge in [0.05, 0.1) is 7.11 Å². The molecule has 1 aromatic rings. The fourth-order valence-corrected chi connectivity index (χ4v) is 0.991. The zero-order valence-corrected chi connectivity index (χ0v) is 8.45.